The molecule has 5 nitrogen and oxygen atoms in total. The van der Waals surface area contributed by atoms with Crippen molar-refractivity contribution in [2.24, 2.45) is 0 Å². The molecule has 122 valence electrons. The molecule has 22 heavy (non-hydrogen) atoms. The fraction of sp³-hybridized carbons (Fsp3) is 0.400. The van der Waals surface area contributed by atoms with Gasteiger partial charge < -0.3 is 14.4 Å². The predicted octanol–water partition coefficient (Wildman–Crippen LogP) is 4.39. The Morgan fingerprint density at radius 1 is 1.09 bits per heavy atom. The van der Waals surface area contributed by atoms with Crippen LogP contribution in [0.5, 0.6) is 0 Å². The van der Waals surface area contributed by atoms with Gasteiger partial charge in [-0.05, 0) is 24.6 Å². The molecule has 0 aliphatic heterocycles. The maximum atomic E-state index is 11.7. The highest BCUT2D eigenvalue weighted by Crippen LogP contribution is 2.19. The molecule has 0 bridgehead atoms. The first-order chi connectivity index (χ1) is 10.6. The number of hydrogen-bond donors (Lipinski definition) is 0. The van der Waals surface area contributed by atoms with Crippen molar-refractivity contribution in [2.45, 2.75) is 19.8 Å². The zero-order valence-corrected chi connectivity index (χ0v) is 13.7. The van der Waals surface area contributed by atoms with Crippen LogP contribution in [0, 0.1) is 0 Å². The van der Waals surface area contributed by atoms with Gasteiger partial charge in [-0.25, -0.2) is 4.79 Å². The first-order valence-corrected chi connectivity index (χ1v) is 7.57. The van der Waals surface area contributed by atoms with Gasteiger partial charge in [0.15, 0.2) is 6.26 Å². The average Bonchev–Trinajstić information content (AvgIpc) is 2.48. The molecule has 0 saturated heterocycles. The van der Waals surface area contributed by atoms with Crippen molar-refractivity contribution in [3.63, 3.8) is 0 Å². The molecular weight excluding hydrogens is 331 g/mol. The third kappa shape index (κ3) is 8.12. The molecule has 0 saturated carbocycles. The maximum absolute atomic E-state index is 11.7. The van der Waals surface area contributed by atoms with Crippen LogP contribution in [-0.4, -0.2) is 25.8 Å². The Morgan fingerprint density at radius 3 is 2.50 bits per heavy atom. The molecule has 0 heterocycles. The molecule has 1 rings (SSSR count). The number of unbranched alkanes of at least 4 members (excludes halogenated alkanes) is 1. The Morgan fingerprint density at radius 2 is 1.82 bits per heavy atom. The molecular formula is C15H18Cl2O5. The zero-order valence-electron chi connectivity index (χ0n) is 12.2. The third-order valence-electron chi connectivity index (χ3n) is 2.39. The fourth-order valence-corrected chi connectivity index (χ4v) is 1.89. The summed E-state index contributed by atoms with van der Waals surface area (Å²) in [4.78, 5) is 21.2. The standard InChI is InChI=1S/C15H18Cl2O5/c1-2-3-4-19-5-7-21-22-8-6-20-15(18)12-9-13(16)11-14(17)10-12/h5,7,9-11H,2-4,6,8H2,1H3/b7-5+. The molecule has 0 radical (unpaired) electrons. The van der Waals surface area contributed by atoms with Gasteiger partial charge in [-0.1, -0.05) is 36.5 Å². The number of esters is 1. The van der Waals surface area contributed by atoms with Crippen LogP contribution in [0.2, 0.25) is 10.0 Å². The minimum atomic E-state index is -0.536. The Bertz CT molecular complexity index is 471. The van der Waals surface area contributed by atoms with E-state index >= 15 is 0 Å². The highest BCUT2D eigenvalue weighted by Gasteiger charge is 2.09. The molecule has 0 amide bonds. The van der Waals surface area contributed by atoms with E-state index < -0.39 is 5.97 Å². The summed E-state index contributed by atoms with van der Waals surface area (Å²) in [6, 6.07) is 4.48. The zero-order chi connectivity index (χ0) is 16.2. The van der Waals surface area contributed by atoms with Crippen molar-refractivity contribution in [2.75, 3.05) is 19.8 Å². The number of rotatable bonds is 10. The van der Waals surface area contributed by atoms with Crippen LogP contribution in [0.1, 0.15) is 30.1 Å². The van der Waals surface area contributed by atoms with Crippen LogP contribution in [-0.2, 0) is 19.2 Å². The Balaban J connectivity index is 2.13. The second-order valence-electron chi connectivity index (χ2n) is 4.21. The average molecular weight is 349 g/mol. The lowest BCUT2D eigenvalue weighted by atomic mass is 10.2. The lowest BCUT2D eigenvalue weighted by Gasteiger charge is -2.05. The molecule has 7 heteroatoms. The van der Waals surface area contributed by atoms with E-state index in [4.69, 9.17) is 42.5 Å². The molecule has 0 N–H and O–H groups in total. The molecule has 0 aliphatic carbocycles. The van der Waals surface area contributed by atoms with Gasteiger partial charge >= 0.3 is 5.97 Å². The summed E-state index contributed by atoms with van der Waals surface area (Å²) < 4.78 is 10.1. The molecule has 0 unspecified atom stereocenters. The van der Waals surface area contributed by atoms with Crippen molar-refractivity contribution in [3.05, 3.63) is 46.3 Å². The van der Waals surface area contributed by atoms with E-state index in [1.165, 1.54) is 30.7 Å². The monoisotopic (exact) mass is 348 g/mol. The summed E-state index contributed by atoms with van der Waals surface area (Å²) in [6.07, 6.45) is 4.72. The van der Waals surface area contributed by atoms with Crippen LogP contribution in [0.3, 0.4) is 0 Å². The largest absolute Gasteiger partial charge is 0.498 e. The van der Waals surface area contributed by atoms with E-state index in [0.29, 0.717) is 16.7 Å². The normalized spacial score (nSPS) is 10.7. The summed E-state index contributed by atoms with van der Waals surface area (Å²) in [6.45, 7) is 2.83. The van der Waals surface area contributed by atoms with Gasteiger partial charge in [0.1, 0.15) is 19.5 Å². The number of benzene rings is 1. The summed E-state index contributed by atoms with van der Waals surface area (Å²) in [5.74, 6) is -0.536. The van der Waals surface area contributed by atoms with E-state index in [1.807, 2.05) is 0 Å². The van der Waals surface area contributed by atoms with Crippen LogP contribution in [0.15, 0.2) is 30.7 Å². The van der Waals surface area contributed by atoms with Gasteiger partial charge in [0.25, 0.3) is 0 Å². The molecule has 1 aromatic rings. The molecule has 0 aliphatic rings. The number of ether oxygens (including phenoxy) is 2. The molecule has 0 aromatic heterocycles. The van der Waals surface area contributed by atoms with Crippen molar-refractivity contribution in [1.29, 1.82) is 0 Å². The van der Waals surface area contributed by atoms with Crippen LogP contribution in [0.25, 0.3) is 0 Å². The van der Waals surface area contributed by atoms with Crippen LogP contribution < -0.4 is 0 Å². The highest BCUT2D eigenvalue weighted by atomic mass is 35.5. The second-order valence-corrected chi connectivity index (χ2v) is 5.08. The summed E-state index contributed by atoms with van der Waals surface area (Å²) in [5, 5.41) is 0.736. The first kappa shape index (κ1) is 18.6. The van der Waals surface area contributed by atoms with Crippen molar-refractivity contribution >= 4 is 29.2 Å². The van der Waals surface area contributed by atoms with Gasteiger partial charge in [0.05, 0.1) is 12.2 Å². The SMILES string of the molecule is CCCCO/C=C/OOCCOC(=O)c1cc(Cl)cc(Cl)c1. The minimum Gasteiger partial charge on any atom is -0.498 e. The van der Waals surface area contributed by atoms with Gasteiger partial charge in [0.2, 0.25) is 0 Å². The second kappa shape index (κ2) is 11.2. The van der Waals surface area contributed by atoms with Crippen molar-refractivity contribution < 1.29 is 24.0 Å². The van der Waals surface area contributed by atoms with Crippen LogP contribution in [0.4, 0.5) is 0 Å². The van der Waals surface area contributed by atoms with E-state index in [-0.39, 0.29) is 18.8 Å². The number of hydrogen-bond acceptors (Lipinski definition) is 5. The quantitative estimate of drug-likeness (QED) is 0.206. The highest BCUT2D eigenvalue weighted by molar-refractivity contribution is 6.35. The van der Waals surface area contributed by atoms with Gasteiger partial charge in [-0.3, -0.25) is 0 Å². The molecule has 0 fully saturated rings. The van der Waals surface area contributed by atoms with Gasteiger partial charge in [0, 0.05) is 10.0 Å². The topological polar surface area (TPSA) is 54.0 Å². The lowest BCUT2D eigenvalue weighted by Crippen LogP contribution is -2.10. The third-order valence-corrected chi connectivity index (χ3v) is 2.83. The van der Waals surface area contributed by atoms with Crippen molar-refractivity contribution in [3.8, 4) is 0 Å². The Labute approximate surface area is 139 Å². The van der Waals surface area contributed by atoms with E-state index in [9.17, 15) is 4.79 Å². The minimum absolute atomic E-state index is 0.0352. The van der Waals surface area contributed by atoms with Gasteiger partial charge in [-0.2, -0.15) is 4.89 Å². The Kier molecular flexibility index (Phi) is 9.46. The Hall–Kier alpha value is -1.43. The maximum Gasteiger partial charge on any atom is 0.338 e. The van der Waals surface area contributed by atoms with Gasteiger partial charge in [-0.15, -0.1) is 0 Å². The summed E-state index contributed by atoms with van der Waals surface area (Å²) in [5.41, 5.74) is 0.280. The van der Waals surface area contributed by atoms with E-state index in [2.05, 4.69) is 6.92 Å². The first-order valence-electron chi connectivity index (χ1n) is 6.81. The summed E-state index contributed by atoms with van der Waals surface area (Å²) in [7, 11) is 0. The number of halogens is 2. The van der Waals surface area contributed by atoms with E-state index in [0.717, 1.165) is 12.8 Å². The molecule has 1 aromatic carbocycles. The smallest absolute Gasteiger partial charge is 0.338 e. The number of carbonyl (C=O) groups excluding carboxylic acids is 1. The fourth-order valence-electron chi connectivity index (χ4n) is 1.37. The lowest BCUT2D eigenvalue weighted by molar-refractivity contribution is -0.254. The van der Waals surface area contributed by atoms with Crippen molar-refractivity contribution in [1.82, 2.24) is 0 Å². The summed E-state index contributed by atoms with van der Waals surface area (Å²) >= 11 is 11.6. The molecule has 0 spiro atoms. The molecule has 0 atom stereocenters. The number of carbonyl (C=O) groups is 1. The predicted molar refractivity (Wildman–Crippen MR) is 83.8 cm³/mol. The van der Waals surface area contributed by atoms with E-state index in [1.54, 1.807) is 0 Å². The van der Waals surface area contributed by atoms with Crippen LogP contribution >= 0.6 is 23.2 Å².